The van der Waals surface area contributed by atoms with E-state index >= 15 is 0 Å². The van der Waals surface area contributed by atoms with Gasteiger partial charge in [-0.25, -0.2) is 4.79 Å². The first kappa shape index (κ1) is 11.6. The first-order valence-electron chi connectivity index (χ1n) is 4.10. The minimum Gasteiger partial charge on any atom is -0.480 e. The van der Waals surface area contributed by atoms with Crippen molar-refractivity contribution in [2.75, 3.05) is 0 Å². The maximum atomic E-state index is 11.4. The van der Waals surface area contributed by atoms with Crippen LogP contribution in [0.5, 0.6) is 0 Å². The molecule has 0 spiro atoms. The van der Waals surface area contributed by atoms with Crippen LogP contribution in [-0.4, -0.2) is 26.9 Å². The largest absolute Gasteiger partial charge is 0.480 e. The Bertz CT molecular complexity index is 288. The summed E-state index contributed by atoms with van der Waals surface area (Å²) in [5, 5.41) is 11.1. The second-order valence-electron chi connectivity index (χ2n) is 3.94. The summed E-state index contributed by atoms with van der Waals surface area (Å²) >= 11 is 11.3. The monoisotopic (exact) mass is 239 g/mol. The summed E-state index contributed by atoms with van der Waals surface area (Å²) in [6.45, 7) is 2.81. The highest BCUT2D eigenvalue weighted by Crippen LogP contribution is 2.53. The molecule has 0 saturated heterocycles. The number of rotatable bonds is 3. The molecule has 1 aliphatic rings. The number of amides is 1. The Balaban J connectivity index is 2.54. The van der Waals surface area contributed by atoms with Crippen molar-refractivity contribution in [1.82, 2.24) is 5.32 Å². The summed E-state index contributed by atoms with van der Waals surface area (Å²) in [7, 11) is 0. The number of aliphatic carboxylic acids is 1. The molecule has 0 heterocycles. The lowest BCUT2D eigenvalue weighted by Gasteiger charge is -2.20. The summed E-state index contributed by atoms with van der Waals surface area (Å²) in [5.74, 6) is -2.01. The molecule has 1 rings (SSSR count). The van der Waals surface area contributed by atoms with Gasteiger partial charge in [-0.05, 0) is 20.3 Å². The van der Waals surface area contributed by atoms with Gasteiger partial charge < -0.3 is 10.4 Å². The van der Waals surface area contributed by atoms with Crippen LogP contribution in [0.15, 0.2) is 0 Å². The maximum absolute atomic E-state index is 11.4. The quantitative estimate of drug-likeness (QED) is 0.727. The Morgan fingerprint density at radius 3 is 2.21 bits per heavy atom. The lowest BCUT2D eigenvalue weighted by atomic mass is 10.1. The minimum absolute atomic E-state index is 0.373. The number of carboxylic acid groups (broad SMARTS) is 1. The van der Waals surface area contributed by atoms with Crippen LogP contribution in [0.4, 0.5) is 0 Å². The molecule has 0 aromatic carbocycles. The zero-order chi connectivity index (χ0) is 11.1. The van der Waals surface area contributed by atoms with Gasteiger partial charge in [-0.3, -0.25) is 4.79 Å². The first-order chi connectivity index (χ1) is 6.17. The molecule has 1 atom stereocenters. The van der Waals surface area contributed by atoms with Crippen molar-refractivity contribution in [2.24, 2.45) is 5.92 Å². The standard InChI is InChI=1S/C8H11Cl2NO3/c1-7(2,6(13)14)11-5(12)4-3-8(4,9)10/h4H,3H2,1-2H3,(H,11,12)(H,13,14). The van der Waals surface area contributed by atoms with E-state index in [9.17, 15) is 9.59 Å². The van der Waals surface area contributed by atoms with Crippen LogP contribution in [0.1, 0.15) is 20.3 Å². The van der Waals surface area contributed by atoms with E-state index in [-0.39, 0.29) is 0 Å². The molecule has 1 aliphatic carbocycles. The van der Waals surface area contributed by atoms with Gasteiger partial charge in [0.15, 0.2) is 0 Å². The number of halogens is 2. The summed E-state index contributed by atoms with van der Waals surface area (Å²) in [5.41, 5.74) is -1.29. The smallest absolute Gasteiger partial charge is 0.328 e. The second-order valence-corrected chi connectivity index (χ2v) is 5.48. The fourth-order valence-corrected chi connectivity index (χ4v) is 1.45. The van der Waals surface area contributed by atoms with Crippen molar-refractivity contribution >= 4 is 35.1 Å². The molecule has 1 unspecified atom stereocenters. The Hall–Kier alpha value is -0.480. The predicted molar refractivity (Wildman–Crippen MR) is 52.4 cm³/mol. The minimum atomic E-state index is -1.29. The number of hydrogen-bond donors (Lipinski definition) is 2. The van der Waals surface area contributed by atoms with Gasteiger partial charge in [0.1, 0.15) is 9.87 Å². The van der Waals surface area contributed by atoms with Gasteiger partial charge in [0.05, 0.1) is 5.92 Å². The molecule has 2 N–H and O–H groups in total. The Morgan fingerprint density at radius 2 is 1.93 bits per heavy atom. The topological polar surface area (TPSA) is 66.4 Å². The molecule has 0 bridgehead atoms. The predicted octanol–water partition coefficient (Wildman–Crippen LogP) is 1.16. The van der Waals surface area contributed by atoms with E-state index in [1.807, 2.05) is 0 Å². The Kier molecular flexibility index (Phi) is 2.71. The number of alkyl halides is 2. The van der Waals surface area contributed by atoms with Crippen molar-refractivity contribution in [3.05, 3.63) is 0 Å². The van der Waals surface area contributed by atoms with E-state index in [1.54, 1.807) is 0 Å². The van der Waals surface area contributed by atoms with Gasteiger partial charge in [-0.1, -0.05) is 0 Å². The van der Waals surface area contributed by atoms with Gasteiger partial charge in [-0.15, -0.1) is 23.2 Å². The zero-order valence-electron chi connectivity index (χ0n) is 7.80. The van der Waals surface area contributed by atoms with Gasteiger partial charge in [0, 0.05) is 0 Å². The molecule has 0 aromatic heterocycles. The van der Waals surface area contributed by atoms with Gasteiger partial charge in [0.25, 0.3) is 0 Å². The number of hydrogen-bond acceptors (Lipinski definition) is 2. The molecule has 80 valence electrons. The third-order valence-electron chi connectivity index (χ3n) is 2.11. The van der Waals surface area contributed by atoms with Crippen LogP contribution < -0.4 is 5.32 Å². The molecule has 4 nitrogen and oxygen atoms in total. The summed E-state index contributed by atoms with van der Waals surface area (Å²) in [6.07, 6.45) is 0.373. The van der Waals surface area contributed by atoms with Crippen LogP contribution in [0.3, 0.4) is 0 Å². The Morgan fingerprint density at radius 1 is 1.50 bits per heavy atom. The maximum Gasteiger partial charge on any atom is 0.328 e. The third kappa shape index (κ3) is 2.30. The van der Waals surface area contributed by atoms with Crippen LogP contribution >= 0.6 is 23.2 Å². The lowest BCUT2D eigenvalue weighted by molar-refractivity contribution is -0.146. The number of carbonyl (C=O) groups excluding carboxylic acids is 1. The Labute approximate surface area is 91.6 Å². The molecule has 1 fully saturated rings. The lowest BCUT2D eigenvalue weighted by Crippen LogP contribution is -2.50. The van der Waals surface area contributed by atoms with E-state index in [2.05, 4.69) is 5.32 Å². The van der Waals surface area contributed by atoms with Crippen LogP contribution in [0.25, 0.3) is 0 Å². The second kappa shape index (κ2) is 3.28. The van der Waals surface area contributed by atoms with E-state index in [0.29, 0.717) is 6.42 Å². The average molecular weight is 240 g/mol. The van der Waals surface area contributed by atoms with Crippen molar-refractivity contribution in [2.45, 2.75) is 30.1 Å². The molecule has 0 radical (unpaired) electrons. The van der Waals surface area contributed by atoms with E-state index in [0.717, 1.165) is 0 Å². The zero-order valence-corrected chi connectivity index (χ0v) is 9.32. The molecule has 14 heavy (non-hydrogen) atoms. The summed E-state index contributed by atoms with van der Waals surface area (Å²) in [4.78, 5) is 22.1. The van der Waals surface area contributed by atoms with E-state index < -0.39 is 27.7 Å². The number of carbonyl (C=O) groups is 2. The first-order valence-corrected chi connectivity index (χ1v) is 4.85. The third-order valence-corrected chi connectivity index (χ3v) is 2.95. The fourth-order valence-electron chi connectivity index (χ4n) is 0.946. The van der Waals surface area contributed by atoms with Gasteiger partial charge in [0.2, 0.25) is 5.91 Å². The molecular weight excluding hydrogens is 229 g/mol. The van der Waals surface area contributed by atoms with Crippen molar-refractivity contribution in [1.29, 1.82) is 0 Å². The van der Waals surface area contributed by atoms with Gasteiger partial charge in [-0.2, -0.15) is 0 Å². The molecule has 0 aromatic rings. The molecular formula is C8H11Cl2NO3. The number of carboxylic acids is 1. The average Bonchev–Trinajstić information content (AvgIpc) is 2.58. The molecule has 0 aliphatic heterocycles. The number of nitrogens with one attached hydrogen (secondary N) is 1. The molecule has 1 amide bonds. The van der Waals surface area contributed by atoms with Crippen molar-refractivity contribution in [3.8, 4) is 0 Å². The van der Waals surface area contributed by atoms with E-state index in [1.165, 1.54) is 13.8 Å². The highest BCUT2D eigenvalue weighted by Gasteiger charge is 2.57. The fraction of sp³-hybridized carbons (Fsp3) is 0.750. The van der Waals surface area contributed by atoms with Gasteiger partial charge >= 0.3 is 5.97 Å². The highest BCUT2D eigenvalue weighted by molar-refractivity contribution is 6.52. The highest BCUT2D eigenvalue weighted by atomic mass is 35.5. The van der Waals surface area contributed by atoms with Crippen LogP contribution in [0, 0.1) is 5.92 Å². The van der Waals surface area contributed by atoms with Crippen LogP contribution in [-0.2, 0) is 9.59 Å². The summed E-state index contributed by atoms with van der Waals surface area (Å²) < 4.78 is -1.02. The SMILES string of the molecule is CC(C)(NC(=O)C1CC1(Cl)Cl)C(=O)O. The van der Waals surface area contributed by atoms with Crippen molar-refractivity contribution < 1.29 is 14.7 Å². The normalized spacial score (nSPS) is 24.1. The van der Waals surface area contributed by atoms with Crippen LogP contribution in [0.2, 0.25) is 0 Å². The molecule has 6 heteroatoms. The van der Waals surface area contributed by atoms with Crippen molar-refractivity contribution in [3.63, 3.8) is 0 Å². The van der Waals surface area contributed by atoms with E-state index in [4.69, 9.17) is 28.3 Å². The molecule has 1 saturated carbocycles. The summed E-state index contributed by atoms with van der Waals surface area (Å²) in [6, 6.07) is 0.